The number of aliphatic hydroxyl groups is 1. The van der Waals surface area contributed by atoms with E-state index in [-0.39, 0.29) is 30.8 Å². The molecule has 2 amide bonds. The molecule has 6 rings (SSSR count). The number of fused-ring (bicyclic) bond motifs is 2. The lowest BCUT2D eigenvalue weighted by molar-refractivity contribution is -0.127. The molecule has 4 aromatic rings. The number of methoxy groups -OCH3 is 1. The fraction of sp³-hybridized carbons (Fsp3) is 0.375. The van der Waals surface area contributed by atoms with Crippen LogP contribution in [-0.4, -0.2) is 59.3 Å². The van der Waals surface area contributed by atoms with Crippen molar-refractivity contribution in [1.29, 1.82) is 0 Å². The van der Waals surface area contributed by atoms with Gasteiger partial charge in [0, 0.05) is 40.9 Å². The Hall–Kier alpha value is -4.29. The van der Waals surface area contributed by atoms with E-state index in [0.29, 0.717) is 56.8 Å². The molecule has 0 unspecified atom stereocenters. The summed E-state index contributed by atoms with van der Waals surface area (Å²) in [4.78, 5) is 36.2. The van der Waals surface area contributed by atoms with Gasteiger partial charge in [-0.2, -0.15) is 0 Å². The van der Waals surface area contributed by atoms with Crippen molar-refractivity contribution in [3.63, 3.8) is 0 Å². The van der Waals surface area contributed by atoms with Crippen LogP contribution < -0.4 is 25.8 Å². The number of nitrogen functional groups attached to an aromatic ring is 1. The van der Waals surface area contributed by atoms with Crippen LogP contribution in [0.4, 0.5) is 9.52 Å². The van der Waals surface area contributed by atoms with Gasteiger partial charge in [-0.3, -0.25) is 9.59 Å². The Morgan fingerprint density at radius 3 is 2.55 bits per heavy atom. The van der Waals surface area contributed by atoms with Crippen molar-refractivity contribution in [1.82, 2.24) is 20.6 Å². The molecule has 0 spiro atoms. The lowest BCUT2D eigenvalue weighted by Gasteiger charge is -2.26. The van der Waals surface area contributed by atoms with Gasteiger partial charge >= 0.3 is 0 Å². The van der Waals surface area contributed by atoms with Crippen LogP contribution in [-0.2, 0) is 15.6 Å². The van der Waals surface area contributed by atoms with Crippen molar-refractivity contribution in [3.8, 4) is 22.8 Å². The molecule has 1 fully saturated rings. The van der Waals surface area contributed by atoms with Gasteiger partial charge in [0.05, 0.1) is 17.4 Å². The predicted molar refractivity (Wildman–Crippen MR) is 166 cm³/mol. The molecule has 0 saturated heterocycles. The number of carbonyl (C=O) groups is 2. The van der Waals surface area contributed by atoms with E-state index in [4.69, 9.17) is 20.2 Å². The highest BCUT2D eigenvalue weighted by molar-refractivity contribution is 7.22. The maximum absolute atomic E-state index is 13.8. The number of nitrogens with zero attached hydrogens (tertiary/aromatic N) is 2. The first-order chi connectivity index (χ1) is 20.8. The second-order valence-corrected chi connectivity index (χ2v) is 13.5. The molecule has 0 radical (unpaired) electrons. The van der Waals surface area contributed by atoms with E-state index >= 15 is 0 Å². The van der Waals surface area contributed by atoms with Crippen LogP contribution in [0.15, 0.2) is 42.5 Å². The van der Waals surface area contributed by atoms with Crippen molar-refractivity contribution < 1.29 is 28.6 Å². The van der Waals surface area contributed by atoms with E-state index < -0.39 is 16.4 Å². The quantitative estimate of drug-likeness (QED) is 0.219. The molecule has 1 aliphatic heterocycles. The second-order valence-electron chi connectivity index (χ2n) is 12.4. The minimum absolute atomic E-state index is 0.0696. The van der Waals surface area contributed by atoms with Gasteiger partial charge in [-0.15, -0.1) is 0 Å². The van der Waals surface area contributed by atoms with Crippen molar-refractivity contribution in [2.75, 3.05) is 32.5 Å². The number of carbonyl (C=O) groups excluding carboxylic acids is 2. The number of hydrogen-bond acceptors (Lipinski definition) is 9. The Kier molecular flexibility index (Phi) is 7.24. The maximum Gasteiger partial charge on any atom is 0.251 e. The summed E-state index contributed by atoms with van der Waals surface area (Å²) in [6.07, 6.45) is 1.55. The van der Waals surface area contributed by atoms with Crippen LogP contribution in [0.5, 0.6) is 11.5 Å². The Morgan fingerprint density at radius 1 is 1.16 bits per heavy atom. The molecule has 1 atom stereocenters. The largest absolute Gasteiger partial charge is 0.494 e. The highest BCUT2D eigenvalue weighted by atomic mass is 32.1. The zero-order valence-electron chi connectivity index (χ0n) is 24.9. The SMILES string of the molecule is COc1cc(C(=O)NCC2(c3cc4c(c(-c5ccc(F)cc5)n3)OC[C@]4(C)C(=O)NCC(C)(C)O)CC2)cc2sc(N)nc12. The number of benzene rings is 2. The van der Waals surface area contributed by atoms with Gasteiger partial charge in [0.25, 0.3) is 5.91 Å². The van der Waals surface area contributed by atoms with Crippen LogP contribution in [0, 0.1) is 5.82 Å². The third kappa shape index (κ3) is 5.43. The van der Waals surface area contributed by atoms with Gasteiger partial charge in [-0.1, -0.05) is 11.3 Å². The van der Waals surface area contributed by atoms with Crippen molar-refractivity contribution in [3.05, 3.63) is 65.1 Å². The van der Waals surface area contributed by atoms with Crippen LogP contribution in [0.3, 0.4) is 0 Å². The summed E-state index contributed by atoms with van der Waals surface area (Å²) in [7, 11) is 1.52. The van der Waals surface area contributed by atoms with Crippen molar-refractivity contribution >= 4 is 38.5 Å². The smallest absolute Gasteiger partial charge is 0.251 e. The molecular weight excluding hydrogens is 585 g/mol. The van der Waals surface area contributed by atoms with Crippen LogP contribution >= 0.6 is 11.3 Å². The first-order valence-electron chi connectivity index (χ1n) is 14.3. The number of rotatable bonds is 9. The van der Waals surface area contributed by atoms with Crippen molar-refractivity contribution in [2.24, 2.45) is 0 Å². The first kappa shape index (κ1) is 29.8. The summed E-state index contributed by atoms with van der Waals surface area (Å²) in [6.45, 7) is 5.50. The summed E-state index contributed by atoms with van der Waals surface area (Å²) in [5, 5.41) is 16.5. The van der Waals surface area contributed by atoms with Crippen LogP contribution in [0.2, 0.25) is 0 Å². The highest BCUT2D eigenvalue weighted by Gasteiger charge is 2.50. The predicted octanol–water partition coefficient (Wildman–Crippen LogP) is 4.09. The molecule has 2 aliphatic rings. The Morgan fingerprint density at radius 2 is 1.89 bits per heavy atom. The van der Waals surface area contributed by atoms with Crippen LogP contribution in [0.25, 0.3) is 21.5 Å². The standard InChI is InChI=1S/C32H34FN5O5S/c1-30(2,41)14-36-28(40)31(3)16-43-26-20(31)13-23(37-24(26)17-5-7-19(33)8-6-17)32(9-10-32)15-35-27(39)18-11-21(42-4)25-22(12-18)44-29(34)38-25/h5-8,11-13,41H,9-10,14-16H2,1-4H3,(H2,34,38)(H,35,39)(H,36,40)/t31-/m0/s1. The van der Waals surface area contributed by atoms with E-state index in [1.165, 1.54) is 30.6 Å². The Balaban J connectivity index is 1.33. The monoisotopic (exact) mass is 619 g/mol. The van der Waals surface area contributed by atoms with Gasteiger partial charge in [0.1, 0.15) is 40.5 Å². The third-order valence-electron chi connectivity index (χ3n) is 8.32. The average molecular weight is 620 g/mol. The van der Waals surface area contributed by atoms with Gasteiger partial charge in [-0.25, -0.2) is 14.4 Å². The molecule has 1 saturated carbocycles. The second kappa shape index (κ2) is 10.7. The molecule has 10 nitrogen and oxygen atoms in total. The molecule has 3 heterocycles. The Bertz CT molecular complexity index is 1780. The lowest BCUT2D eigenvalue weighted by Crippen LogP contribution is -2.48. The Labute approximate surface area is 257 Å². The molecule has 44 heavy (non-hydrogen) atoms. The minimum atomic E-state index is -1.09. The van der Waals surface area contributed by atoms with Gasteiger partial charge in [0.15, 0.2) is 5.13 Å². The summed E-state index contributed by atoms with van der Waals surface area (Å²) in [5.74, 6) is -0.0109. The topological polar surface area (TPSA) is 149 Å². The van der Waals surface area contributed by atoms with Gasteiger partial charge in [-0.05, 0) is 76.1 Å². The number of ether oxygens (including phenoxy) is 2. The number of pyridine rings is 1. The number of anilines is 1. The van der Waals surface area contributed by atoms with E-state index in [1.807, 2.05) is 6.07 Å². The number of nitrogens with one attached hydrogen (secondary N) is 2. The number of amides is 2. The van der Waals surface area contributed by atoms with Gasteiger partial charge < -0.3 is 30.9 Å². The first-order valence-corrected chi connectivity index (χ1v) is 15.1. The number of aromatic nitrogens is 2. The molecule has 12 heteroatoms. The number of thiazole rings is 1. The third-order valence-corrected chi connectivity index (χ3v) is 9.15. The van der Waals surface area contributed by atoms with E-state index in [9.17, 15) is 19.1 Å². The number of halogens is 1. The molecule has 0 bridgehead atoms. The van der Waals surface area contributed by atoms with E-state index in [2.05, 4.69) is 15.6 Å². The number of nitrogens with two attached hydrogens (primary N) is 1. The number of hydrogen-bond donors (Lipinski definition) is 4. The zero-order valence-corrected chi connectivity index (χ0v) is 25.7. The molecule has 1 aliphatic carbocycles. The van der Waals surface area contributed by atoms with Crippen molar-refractivity contribution in [2.45, 2.75) is 50.0 Å². The van der Waals surface area contributed by atoms with Crippen LogP contribution in [0.1, 0.15) is 55.2 Å². The fourth-order valence-corrected chi connectivity index (χ4v) is 6.26. The molecular formula is C32H34FN5O5S. The molecule has 2 aromatic heterocycles. The minimum Gasteiger partial charge on any atom is -0.494 e. The summed E-state index contributed by atoms with van der Waals surface area (Å²) >= 11 is 1.28. The zero-order chi connectivity index (χ0) is 31.4. The molecule has 230 valence electrons. The normalized spacial score (nSPS) is 18.4. The van der Waals surface area contributed by atoms with E-state index in [1.54, 1.807) is 45.0 Å². The lowest BCUT2D eigenvalue weighted by atomic mass is 9.81. The highest BCUT2D eigenvalue weighted by Crippen LogP contribution is 2.52. The summed E-state index contributed by atoms with van der Waals surface area (Å²) < 4.78 is 26.2. The fourth-order valence-electron chi connectivity index (χ4n) is 5.47. The van der Waals surface area contributed by atoms with Gasteiger partial charge in [0.2, 0.25) is 5.91 Å². The molecule has 2 aromatic carbocycles. The summed E-state index contributed by atoms with van der Waals surface area (Å²) in [6, 6.07) is 11.3. The maximum atomic E-state index is 13.8. The van der Waals surface area contributed by atoms with E-state index in [0.717, 1.165) is 17.5 Å². The molecule has 5 N–H and O–H groups in total. The average Bonchev–Trinajstić information content (AvgIpc) is 3.57. The summed E-state index contributed by atoms with van der Waals surface area (Å²) in [5.41, 5.74) is 6.83.